The second-order valence-electron chi connectivity index (χ2n) is 5.97. The second-order valence-corrected chi connectivity index (χ2v) is 6.82. The zero-order valence-electron chi connectivity index (χ0n) is 12.4. The lowest BCUT2D eigenvalue weighted by atomic mass is 9.79. The van der Waals surface area contributed by atoms with Crippen molar-refractivity contribution in [2.45, 2.75) is 52.5 Å². The zero-order valence-corrected chi connectivity index (χ0v) is 13.9. The zero-order chi connectivity index (χ0) is 15.3. The number of nitrogens with two attached hydrogens (primary N) is 1. The number of benzene rings is 1. The molecule has 0 aliphatic carbocycles. The Balaban J connectivity index is 2.75. The van der Waals surface area contributed by atoms with Crippen LogP contribution in [-0.2, 0) is 11.2 Å². The smallest absolute Gasteiger partial charge is 0.140 e. The van der Waals surface area contributed by atoms with Gasteiger partial charge in [-0.3, -0.25) is 4.79 Å². The highest BCUT2D eigenvalue weighted by Crippen LogP contribution is 2.30. The SMILES string of the molecule is CCCC(N)CC(=O)C(C)(C)Cc1ccc(Cl)cc1Cl. The van der Waals surface area contributed by atoms with E-state index in [1.54, 1.807) is 12.1 Å². The lowest BCUT2D eigenvalue weighted by Crippen LogP contribution is -2.33. The Hall–Kier alpha value is -0.570. The number of ketones is 1. The molecule has 1 atom stereocenters. The van der Waals surface area contributed by atoms with Crippen molar-refractivity contribution in [2.24, 2.45) is 11.1 Å². The molecule has 2 N–H and O–H groups in total. The van der Waals surface area contributed by atoms with E-state index in [2.05, 4.69) is 6.92 Å². The fraction of sp³-hybridized carbons (Fsp3) is 0.562. The maximum atomic E-state index is 12.4. The molecule has 0 radical (unpaired) electrons. The minimum atomic E-state index is -0.469. The summed E-state index contributed by atoms with van der Waals surface area (Å²) in [6.07, 6.45) is 2.90. The Labute approximate surface area is 131 Å². The number of carbonyl (C=O) groups is 1. The third-order valence-electron chi connectivity index (χ3n) is 3.51. The molecule has 0 saturated heterocycles. The van der Waals surface area contributed by atoms with E-state index in [9.17, 15) is 4.79 Å². The standard InChI is InChI=1S/C16H23Cl2NO/c1-4-5-13(19)9-15(20)16(2,3)10-11-6-7-12(17)8-14(11)18/h6-8,13H,4-5,9-10,19H2,1-3H3. The first-order valence-electron chi connectivity index (χ1n) is 6.99. The Kier molecular flexibility index (Phi) is 6.50. The quantitative estimate of drug-likeness (QED) is 0.796. The summed E-state index contributed by atoms with van der Waals surface area (Å²) in [5.41, 5.74) is 6.43. The van der Waals surface area contributed by atoms with Gasteiger partial charge in [0.15, 0.2) is 0 Å². The molecule has 1 aromatic rings. The number of hydrogen-bond acceptors (Lipinski definition) is 2. The van der Waals surface area contributed by atoms with Crippen molar-refractivity contribution in [3.8, 4) is 0 Å². The van der Waals surface area contributed by atoms with Crippen LogP contribution in [0.25, 0.3) is 0 Å². The molecule has 0 spiro atoms. The van der Waals surface area contributed by atoms with Crippen molar-refractivity contribution in [1.82, 2.24) is 0 Å². The van der Waals surface area contributed by atoms with E-state index in [-0.39, 0.29) is 11.8 Å². The predicted molar refractivity (Wildman–Crippen MR) is 86.5 cm³/mol. The van der Waals surface area contributed by atoms with E-state index in [1.165, 1.54) is 0 Å². The highest BCUT2D eigenvalue weighted by Gasteiger charge is 2.29. The molecule has 0 saturated carbocycles. The summed E-state index contributed by atoms with van der Waals surface area (Å²) in [5.74, 6) is 0.185. The fourth-order valence-electron chi connectivity index (χ4n) is 2.23. The minimum absolute atomic E-state index is 0.0486. The molecule has 0 aliphatic rings. The first kappa shape index (κ1) is 17.5. The van der Waals surface area contributed by atoms with E-state index in [0.29, 0.717) is 22.9 Å². The highest BCUT2D eigenvalue weighted by atomic mass is 35.5. The van der Waals surface area contributed by atoms with Gasteiger partial charge in [-0.25, -0.2) is 0 Å². The number of halogens is 2. The molecule has 1 rings (SSSR count). The van der Waals surface area contributed by atoms with Crippen LogP contribution in [0, 0.1) is 5.41 Å². The van der Waals surface area contributed by atoms with Crippen molar-refractivity contribution >= 4 is 29.0 Å². The van der Waals surface area contributed by atoms with Crippen LogP contribution in [0.15, 0.2) is 18.2 Å². The molecule has 0 aliphatic heterocycles. The van der Waals surface area contributed by atoms with Crippen LogP contribution in [0.5, 0.6) is 0 Å². The maximum Gasteiger partial charge on any atom is 0.140 e. The van der Waals surface area contributed by atoms with E-state index in [1.807, 2.05) is 19.9 Å². The van der Waals surface area contributed by atoms with Crippen LogP contribution < -0.4 is 5.73 Å². The average Bonchev–Trinajstić information content (AvgIpc) is 2.33. The van der Waals surface area contributed by atoms with Gasteiger partial charge in [0.1, 0.15) is 5.78 Å². The number of carbonyl (C=O) groups excluding carboxylic acids is 1. The van der Waals surface area contributed by atoms with Crippen LogP contribution in [-0.4, -0.2) is 11.8 Å². The molecular formula is C16H23Cl2NO. The lowest BCUT2D eigenvalue weighted by molar-refractivity contribution is -0.127. The summed E-state index contributed by atoms with van der Waals surface area (Å²) >= 11 is 12.1. The van der Waals surface area contributed by atoms with E-state index in [4.69, 9.17) is 28.9 Å². The van der Waals surface area contributed by atoms with Gasteiger partial charge >= 0.3 is 0 Å². The summed E-state index contributed by atoms with van der Waals surface area (Å²) in [7, 11) is 0. The molecule has 0 fully saturated rings. The molecule has 4 heteroatoms. The topological polar surface area (TPSA) is 43.1 Å². The van der Waals surface area contributed by atoms with Gasteiger partial charge in [0.05, 0.1) is 0 Å². The van der Waals surface area contributed by atoms with Gasteiger partial charge in [0.2, 0.25) is 0 Å². The molecule has 1 aromatic carbocycles. The van der Waals surface area contributed by atoms with Crippen molar-refractivity contribution in [3.63, 3.8) is 0 Å². The number of hydrogen-bond donors (Lipinski definition) is 1. The summed E-state index contributed by atoms with van der Waals surface area (Å²) in [6.45, 7) is 5.96. The van der Waals surface area contributed by atoms with Gasteiger partial charge in [0.25, 0.3) is 0 Å². The second kappa shape index (κ2) is 7.44. The molecule has 112 valence electrons. The van der Waals surface area contributed by atoms with Crippen molar-refractivity contribution < 1.29 is 4.79 Å². The van der Waals surface area contributed by atoms with Crippen LogP contribution in [0.1, 0.15) is 45.6 Å². The van der Waals surface area contributed by atoms with Gasteiger partial charge in [-0.05, 0) is 30.5 Å². The normalized spacial score (nSPS) is 13.3. The van der Waals surface area contributed by atoms with Crippen molar-refractivity contribution in [2.75, 3.05) is 0 Å². The average molecular weight is 316 g/mol. The predicted octanol–water partition coefficient (Wildman–Crippen LogP) is 4.65. The summed E-state index contributed by atoms with van der Waals surface area (Å²) < 4.78 is 0. The lowest BCUT2D eigenvalue weighted by Gasteiger charge is -2.25. The van der Waals surface area contributed by atoms with Crippen LogP contribution in [0.2, 0.25) is 10.0 Å². The Morgan fingerprint density at radius 2 is 2.00 bits per heavy atom. The summed E-state index contributed by atoms with van der Waals surface area (Å²) in [5, 5.41) is 1.21. The molecule has 2 nitrogen and oxygen atoms in total. The van der Waals surface area contributed by atoms with Crippen molar-refractivity contribution in [1.29, 1.82) is 0 Å². The molecular weight excluding hydrogens is 293 g/mol. The molecule has 0 bridgehead atoms. The fourth-order valence-corrected chi connectivity index (χ4v) is 2.70. The van der Waals surface area contributed by atoms with Crippen LogP contribution >= 0.6 is 23.2 Å². The molecule has 0 aromatic heterocycles. The van der Waals surface area contributed by atoms with E-state index >= 15 is 0 Å². The Morgan fingerprint density at radius 1 is 1.35 bits per heavy atom. The summed E-state index contributed by atoms with van der Waals surface area (Å²) in [4.78, 5) is 12.4. The number of rotatable bonds is 7. The van der Waals surface area contributed by atoms with Gasteiger partial charge in [-0.2, -0.15) is 0 Å². The Bertz CT molecular complexity index is 472. The maximum absolute atomic E-state index is 12.4. The monoisotopic (exact) mass is 315 g/mol. The molecule has 0 amide bonds. The summed E-state index contributed by atoms with van der Waals surface area (Å²) in [6, 6.07) is 5.34. The van der Waals surface area contributed by atoms with Gasteiger partial charge < -0.3 is 5.73 Å². The first-order chi connectivity index (χ1) is 9.26. The first-order valence-corrected chi connectivity index (χ1v) is 7.74. The number of Topliss-reactive ketones (excluding diaryl/α,β-unsaturated/α-hetero) is 1. The van der Waals surface area contributed by atoms with Crippen LogP contribution in [0.4, 0.5) is 0 Å². The van der Waals surface area contributed by atoms with Crippen LogP contribution in [0.3, 0.4) is 0 Å². The largest absolute Gasteiger partial charge is 0.327 e. The van der Waals surface area contributed by atoms with Gasteiger partial charge in [0, 0.05) is 27.9 Å². The third kappa shape index (κ3) is 5.08. The minimum Gasteiger partial charge on any atom is -0.327 e. The molecule has 1 unspecified atom stereocenters. The Morgan fingerprint density at radius 3 is 2.55 bits per heavy atom. The molecule has 0 heterocycles. The molecule has 20 heavy (non-hydrogen) atoms. The van der Waals surface area contributed by atoms with E-state index in [0.717, 1.165) is 18.4 Å². The van der Waals surface area contributed by atoms with Gasteiger partial charge in [-0.15, -0.1) is 0 Å². The van der Waals surface area contributed by atoms with Crippen molar-refractivity contribution in [3.05, 3.63) is 33.8 Å². The third-order valence-corrected chi connectivity index (χ3v) is 4.10. The van der Waals surface area contributed by atoms with Gasteiger partial charge in [-0.1, -0.05) is 56.5 Å². The highest BCUT2D eigenvalue weighted by molar-refractivity contribution is 6.35. The van der Waals surface area contributed by atoms with E-state index < -0.39 is 5.41 Å².